The highest BCUT2D eigenvalue weighted by molar-refractivity contribution is 5.92. The highest BCUT2D eigenvalue weighted by atomic mass is 35.5. The average molecular weight is 421 g/mol. The van der Waals surface area contributed by atoms with Gasteiger partial charge in [0.2, 0.25) is 0 Å². The summed E-state index contributed by atoms with van der Waals surface area (Å²) in [7, 11) is 0. The maximum absolute atomic E-state index is 12.5. The number of halogens is 2. The third-order valence-electron chi connectivity index (χ3n) is 5.79. The Hall–Kier alpha value is -0.930. The van der Waals surface area contributed by atoms with Gasteiger partial charge in [0.25, 0.3) is 5.91 Å². The van der Waals surface area contributed by atoms with E-state index in [9.17, 15) is 4.79 Å². The Bertz CT molecular complexity index is 622. The number of hydrogen-bond acceptors (Lipinski definition) is 6. The number of nitrogens with two attached hydrogens (primary N) is 1. The van der Waals surface area contributed by atoms with Crippen LogP contribution in [0.3, 0.4) is 0 Å². The molecule has 27 heavy (non-hydrogen) atoms. The van der Waals surface area contributed by atoms with E-state index in [-0.39, 0.29) is 42.9 Å². The van der Waals surface area contributed by atoms with Gasteiger partial charge < -0.3 is 15.8 Å². The van der Waals surface area contributed by atoms with Crippen LogP contribution in [0.5, 0.6) is 0 Å². The molecule has 3 atom stereocenters. The van der Waals surface area contributed by atoms with Gasteiger partial charge in [0.1, 0.15) is 0 Å². The van der Waals surface area contributed by atoms with Crippen LogP contribution in [0.15, 0.2) is 6.20 Å². The van der Waals surface area contributed by atoms with E-state index in [1.807, 2.05) is 4.68 Å². The molecule has 0 radical (unpaired) electrons. The molecule has 3 aliphatic rings. The Morgan fingerprint density at radius 1 is 1.22 bits per heavy atom. The van der Waals surface area contributed by atoms with Crippen LogP contribution in [-0.4, -0.2) is 69.7 Å². The number of carbonyl (C=O) groups excluding carboxylic acids is 1. The molecule has 0 unspecified atom stereocenters. The van der Waals surface area contributed by atoms with Crippen LogP contribution in [-0.2, 0) is 4.74 Å². The molecule has 4 rings (SSSR count). The summed E-state index contributed by atoms with van der Waals surface area (Å²) in [6, 6.07) is 1.19. The smallest absolute Gasteiger partial charge is 0.273 e. The fraction of sp³-hybridized carbons (Fsp3) is 0.824. The van der Waals surface area contributed by atoms with Crippen molar-refractivity contribution in [3.63, 3.8) is 0 Å². The Morgan fingerprint density at radius 3 is 2.70 bits per heavy atom. The zero-order valence-electron chi connectivity index (χ0n) is 15.6. The standard InChI is InChI=1S/C17H28N6O2.2ClH/c1-11-7-22-8-13(6-15(22)10-25-11)19-17(24)16-9-23(21-20-16)14-4-2-12(18)3-5-14;;/h9,11-15H,2-8,10,18H2,1H3,(H,19,24);2*1H/t11-,12?,13+,14?,15-;;/m0../s1. The minimum Gasteiger partial charge on any atom is -0.376 e. The van der Waals surface area contributed by atoms with E-state index in [1.54, 1.807) is 6.20 Å². The predicted molar refractivity (Wildman–Crippen MR) is 107 cm³/mol. The van der Waals surface area contributed by atoms with Crippen molar-refractivity contribution >= 4 is 30.7 Å². The number of fused-ring (bicyclic) bond motifs is 1. The molecule has 3 heterocycles. The summed E-state index contributed by atoms with van der Waals surface area (Å²) >= 11 is 0. The van der Waals surface area contributed by atoms with Gasteiger partial charge in [-0.3, -0.25) is 9.69 Å². The van der Waals surface area contributed by atoms with E-state index in [2.05, 4.69) is 27.5 Å². The summed E-state index contributed by atoms with van der Waals surface area (Å²) in [5, 5.41) is 11.4. The minimum atomic E-state index is -0.127. The van der Waals surface area contributed by atoms with Gasteiger partial charge >= 0.3 is 0 Å². The molecule has 154 valence electrons. The lowest BCUT2D eigenvalue weighted by Gasteiger charge is -2.33. The SMILES string of the molecule is C[C@H]1CN2C[C@H](NC(=O)c3cn(C4CCC(N)CC4)nn3)C[C@H]2CO1.Cl.Cl. The lowest BCUT2D eigenvalue weighted by molar-refractivity contribution is -0.0390. The molecule has 0 aromatic carbocycles. The van der Waals surface area contributed by atoms with Gasteiger partial charge in [0.15, 0.2) is 5.69 Å². The molecule has 3 N–H and O–H groups in total. The second-order valence-corrected chi connectivity index (χ2v) is 7.81. The van der Waals surface area contributed by atoms with Gasteiger partial charge in [-0.1, -0.05) is 5.21 Å². The molecule has 3 fully saturated rings. The first kappa shape index (κ1) is 22.4. The average Bonchev–Trinajstić information content (AvgIpc) is 3.21. The molecule has 2 aliphatic heterocycles. The van der Waals surface area contributed by atoms with Crippen molar-refractivity contribution in [1.82, 2.24) is 25.2 Å². The topological polar surface area (TPSA) is 98.3 Å². The highest BCUT2D eigenvalue weighted by Crippen LogP contribution is 2.27. The molecule has 2 saturated heterocycles. The van der Waals surface area contributed by atoms with Crippen molar-refractivity contribution in [1.29, 1.82) is 0 Å². The normalized spacial score (nSPS) is 33.5. The first-order chi connectivity index (χ1) is 12.1. The van der Waals surface area contributed by atoms with Gasteiger partial charge in [-0.25, -0.2) is 4.68 Å². The van der Waals surface area contributed by atoms with Crippen LogP contribution in [0, 0.1) is 0 Å². The molecule has 0 bridgehead atoms. The summed E-state index contributed by atoms with van der Waals surface area (Å²) in [5.41, 5.74) is 6.36. The number of morpholine rings is 1. The number of nitrogens with zero attached hydrogens (tertiary/aromatic N) is 4. The lowest BCUT2D eigenvalue weighted by atomic mass is 9.92. The quantitative estimate of drug-likeness (QED) is 0.760. The second kappa shape index (κ2) is 9.52. The maximum Gasteiger partial charge on any atom is 0.273 e. The number of amides is 1. The van der Waals surface area contributed by atoms with Crippen molar-refractivity contribution in [3.8, 4) is 0 Å². The van der Waals surface area contributed by atoms with Crippen LogP contribution >= 0.6 is 24.8 Å². The predicted octanol–water partition coefficient (Wildman–Crippen LogP) is 1.16. The van der Waals surface area contributed by atoms with Crippen molar-refractivity contribution in [3.05, 3.63) is 11.9 Å². The summed E-state index contributed by atoms with van der Waals surface area (Å²) in [4.78, 5) is 14.9. The Morgan fingerprint density at radius 2 is 1.96 bits per heavy atom. The van der Waals surface area contributed by atoms with E-state index in [4.69, 9.17) is 10.5 Å². The lowest BCUT2D eigenvalue weighted by Crippen LogP contribution is -2.45. The van der Waals surface area contributed by atoms with E-state index < -0.39 is 0 Å². The monoisotopic (exact) mass is 420 g/mol. The van der Waals surface area contributed by atoms with E-state index in [1.165, 1.54) is 0 Å². The number of ether oxygens (including phenoxy) is 1. The fourth-order valence-corrected chi connectivity index (χ4v) is 4.33. The Kier molecular flexibility index (Phi) is 7.88. The van der Waals surface area contributed by atoms with E-state index in [0.717, 1.165) is 51.8 Å². The van der Waals surface area contributed by atoms with E-state index in [0.29, 0.717) is 23.8 Å². The number of rotatable bonds is 3. The van der Waals surface area contributed by atoms with E-state index >= 15 is 0 Å². The molecule has 1 aliphatic carbocycles. The number of aromatic nitrogens is 3. The minimum absolute atomic E-state index is 0. The summed E-state index contributed by atoms with van der Waals surface area (Å²) in [5.74, 6) is -0.127. The number of nitrogens with one attached hydrogen (secondary N) is 1. The van der Waals surface area contributed by atoms with Crippen molar-refractivity contribution in [2.24, 2.45) is 5.73 Å². The first-order valence-corrected chi connectivity index (χ1v) is 9.42. The van der Waals surface area contributed by atoms with Crippen LogP contribution in [0.1, 0.15) is 55.6 Å². The number of carbonyl (C=O) groups is 1. The molecule has 1 amide bonds. The van der Waals surface area contributed by atoms with Crippen LogP contribution in [0.2, 0.25) is 0 Å². The van der Waals surface area contributed by atoms with Gasteiger partial charge in [0.05, 0.1) is 24.9 Å². The molecule has 1 aromatic rings. The molecule has 1 saturated carbocycles. The molecular weight excluding hydrogens is 391 g/mol. The van der Waals surface area contributed by atoms with Crippen molar-refractivity contribution in [2.45, 2.75) is 69.3 Å². The third kappa shape index (κ3) is 5.12. The molecule has 1 aromatic heterocycles. The molecule has 8 nitrogen and oxygen atoms in total. The fourth-order valence-electron chi connectivity index (χ4n) is 4.33. The molecule has 0 spiro atoms. The number of hydrogen-bond donors (Lipinski definition) is 2. The Balaban J connectivity index is 0.00000131. The zero-order chi connectivity index (χ0) is 17.4. The summed E-state index contributed by atoms with van der Waals surface area (Å²) < 4.78 is 7.56. The Labute approximate surface area is 172 Å². The third-order valence-corrected chi connectivity index (χ3v) is 5.79. The highest BCUT2D eigenvalue weighted by Gasteiger charge is 2.37. The van der Waals surface area contributed by atoms with Crippen molar-refractivity contribution in [2.75, 3.05) is 19.7 Å². The van der Waals surface area contributed by atoms with Gasteiger partial charge in [-0.2, -0.15) is 0 Å². The van der Waals surface area contributed by atoms with Gasteiger partial charge in [-0.15, -0.1) is 29.9 Å². The van der Waals surface area contributed by atoms with Crippen LogP contribution in [0.25, 0.3) is 0 Å². The zero-order valence-corrected chi connectivity index (χ0v) is 17.3. The van der Waals surface area contributed by atoms with Gasteiger partial charge in [-0.05, 0) is 39.0 Å². The summed E-state index contributed by atoms with van der Waals surface area (Å²) in [6.45, 7) is 4.68. The van der Waals surface area contributed by atoms with Gasteiger partial charge in [0, 0.05) is 31.2 Å². The van der Waals surface area contributed by atoms with Crippen LogP contribution < -0.4 is 11.1 Å². The summed E-state index contributed by atoms with van der Waals surface area (Å²) in [6.07, 6.45) is 7.01. The van der Waals surface area contributed by atoms with Crippen molar-refractivity contribution < 1.29 is 9.53 Å². The first-order valence-electron chi connectivity index (χ1n) is 9.42. The largest absolute Gasteiger partial charge is 0.376 e. The maximum atomic E-state index is 12.5. The molecular formula is C17H30Cl2N6O2. The second-order valence-electron chi connectivity index (χ2n) is 7.81. The van der Waals surface area contributed by atoms with Crippen LogP contribution in [0.4, 0.5) is 0 Å². The molecule has 10 heteroatoms.